The molecule has 150 valence electrons. The standard InChI is InChI=1S/C25H21ClN2O2/c26-23-10-6-21(7-11-23)18-30-24-12-8-20(9-13-24)16-22(17-27)25(29)28-15-14-19-4-2-1-3-5-19/h1-13,16H,14-15,18H2,(H,28,29). The van der Waals surface area contributed by atoms with E-state index in [1.54, 1.807) is 6.08 Å². The third-order valence-electron chi connectivity index (χ3n) is 4.42. The predicted octanol–water partition coefficient (Wildman–Crippen LogP) is 5.18. The number of nitriles is 1. The van der Waals surface area contributed by atoms with Crippen LogP contribution in [0.5, 0.6) is 5.75 Å². The molecule has 0 atom stereocenters. The second-order valence-electron chi connectivity index (χ2n) is 6.65. The van der Waals surface area contributed by atoms with Gasteiger partial charge in [-0.15, -0.1) is 0 Å². The van der Waals surface area contributed by atoms with E-state index < -0.39 is 0 Å². The molecule has 0 aliphatic carbocycles. The summed E-state index contributed by atoms with van der Waals surface area (Å²) in [6, 6.07) is 26.6. The van der Waals surface area contributed by atoms with E-state index in [0.717, 1.165) is 16.7 Å². The molecule has 1 amide bonds. The Morgan fingerprint density at radius 3 is 2.33 bits per heavy atom. The van der Waals surface area contributed by atoms with Crippen LogP contribution in [0.25, 0.3) is 6.08 Å². The maximum absolute atomic E-state index is 12.3. The molecule has 3 aromatic carbocycles. The number of rotatable bonds is 8. The van der Waals surface area contributed by atoms with Gasteiger partial charge < -0.3 is 10.1 Å². The molecule has 4 nitrogen and oxygen atoms in total. The lowest BCUT2D eigenvalue weighted by Crippen LogP contribution is -2.26. The highest BCUT2D eigenvalue weighted by Gasteiger charge is 2.08. The monoisotopic (exact) mass is 416 g/mol. The summed E-state index contributed by atoms with van der Waals surface area (Å²) in [5.41, 5.74) is 2.97. The molecule has 30 heavy (non-hydrogen) atoms. The van der Waals surface area contributed by atoms with E-state index in [2.05, 4.69) is 5.32 Å². The third kappa shape index (κ3) is 6.51. The van der Waals surface area contributed by atoms with Crippen molar-refractivity contribution in [2.75, 3.05) is 6.54 Å². The first-order valence-corrected chi connectivity index (χ1v) is 9.93. The van der Waals surface area contributed by atoms with Crippen molar-refractivity contribution in [1.82, 2.24) is 5.32 Å². The fraction of sp³-hybridized carbons (Fsp3) is 0.120. The number of nitrogens with one attached hydrogen (secondary N) is 1. The third-order valence-corrected chi connectivity index (χ3v) is 4.67. The van der Waals surface area contributed by atoms with E-state index in [4.69, 9.17) is 16.3 Å². The Balaban J connectivity index is 1.53. The van der Waals surface area contributed by atoms with Crippen LogP contribution in [0, 0.1) is 11.3 Å². The van der Waals surface area contributed by atoms with Gasteiger partial charge in [-0.2, -0.15) is 5.26 Å². The van der Waals surface area contributed by atoms with E-state index in [0.29, 0.717) is 30.3 Å². The van der Waals surface area contributed by atoms with Crippen molar-refractivity contribution in [1.29, 1.82) is 5.26 Å². The minimum Gasteiger partial charge on any atom is -0.489 e. The maximum Gasteiger partial charge on any atom is 0.261 e. The average molecular weight is 417 g/mol. The molecule has 0 saturated carbocycles. The lowest BCUT2D eigenvalue weighted by atomic mass is 10.1. The second kappa shape index (κ2) is 10.8. The summed E-state index contributed by atoms with van der Waals surface area (Å²) in [4.78, 5) is 12.3. The van der Waals surface area contributed by atoms with Crippen LogP contribution in [0.1, 0.15) is 16.7 Å². The molecule has 0 aromatic heterocycles. The van der Waals surface area contributed by atoms with Crippen molar-refractivity contribution in [2.24, 2.45) is 0 Å². The zero-order valence-electron chi connectivity index (χ0n) is 16.3. The Kier molecular flexibility index (Phi) is 7.65. The summed E-state index contributed by atoms with van der Waals surface area (Å²) >= 11 is 5.88. The fourth-order valence-electron chi connectivity index (χ4n) is 2.78. The summed E-state index contributed by atoms with van der Waals surface area (Å²) in [6.07, 6.45) is 2.28. The van der Waals surface area contributed by atoms with Crippen molar-refractivity contribution in [3.63, 3.8) is 0 Å². The summed E-state index contributed by atoms with van der Waals surface area (Å²) in [5, 5.41) is 12.8. The molecule has 0 spiro atoms. The van der Waals surface area contributed by atoms with Gasteiger partial charge in [-0.25, -0.2) is 0 Å². The molecule has 0 fully saturated rings. The first-order chi connectivity index (χ1) is 14.6. The Morgan fingerprint density at radius 1 is 0.967 bits per heavy atom. The van der Waals surface area contributed by atoms with Gasteiger partial charge in [0.1, 0.15) is 24.0 Å². The van der Waals surface area contributed by atoms with E-state index in [9.17, 15) is 10.1 Å². The Morgan fingerprint density at radius 2 is 1.67 bits per heavy atom. The van der Waals surface area contributed by atoms with E-state index in [-0.39, 0.29) is 11.5 Å². The lowest BCUT2D eigenvalue weighted by molar-refractivity contribution is -0.117. The highest BCUT2D eigenvalue weighted by atomic mass is 35.5. The van der Waals surface area contributed by atoms with E-state index in [1.807, 2.05) is 84.9 Å². The number of carbonyl (C=O) groups is 1. The van der Waals surface area contributed by atoms with Gasteiger partial charge in [0.05, 0.1) is 0 Å². The Bertz CT molecular complexity index is 1040. The van der Waals surface area contributed by atoms with Crippen molar-refractivity contribution >= 4 is 23.6 Å². The van der Waals surface area contributed by atoms with Gasteiger partial charge in [-0.3, -0.25) is 4.79 Å². The zero-order chi connectivity index (χ0) is 21.2. The molecule has 1 N–H and O–H groups in total. The summed E-state index contributed by atoms with van der Waals surface area (Å²) in [6.45, 7) is 0.902. The summed E-state index contributed by atoms with van der Waals surface area (Å²) < 4.78 is 5.75. The van der Waals surface area contributed by atoms with Crippen molar-refractivity contribution in [3.05, 3.63) is 106 Å². The SMILES string of the molecule is N#CC(=Cc1ccc(OCc2ccc(Cl)cc2)cc1)C(=O)NCCc1ccccc1. The Hall–Kier alpha value is -3.55. The average Bonchev–Trinajstić information content (AvgIpc) is 2.78. The molecule has 0 aliphatic rings. The molecule has 0 bridgehead atoms. The van der Waals surface area contributed by atoms with Crippen LogP contribution >= 0.6 is 11.6 Å². The zero-order valence-corrected chi connectivity index (χ0v) is 17.1. The molecule has 3 aromatic rings. The number of nitrogens with zero attached hydrogens (tertiary/aromatic N) is 1. The molecule has 0 radical (unpaired) electrons. The number of amides is 1. The van der Waals surface area contributed by atoms with Crippen molar-refractivity contribution in [3.8, 4) is 11.8 Å². The number of hydrogen-bond donors (Lipinski definition) is 1. The normalized spacial score (nSPS) is 10.9. The van der Waals surface area contributed by atoms with Gasteiger partial charge in [0.15, 0.2) is 0 Å². The van der Waals surface area contributed by atoms with Crippen LogP contribution in [0.15, 0.2) is 84.4 Å². The molecular weight excluding hydrogens is 396 g/mol. The highest BCUT2D eigenvalue weighted by Crippen LogP contribution is 2.17. The van der Waals surface area contributed by atoms with Crippen LogP contribution in [0.3, 0.4) is 0 Å². The van der Waals surface area contributed by atoms with E-state index in [1.165, 1.54) is 0 Å². The van der Waals surface area contributed by atoms with Crippen LogP contribution in [-0.4, -0.2) is 12.5 Å². The number of hydrogen-bond acceptors (Lipinski definition) is 3. The molecule has 3 rings (SSSR count). The van der Waals surface area contributed by atoms with Crippen molar-refractivity contribution < 1.29 is 9.53 Å². The quantitative estimate of drug-likeness (QED) is 0.406. The minimum absolute atomic E-state index is 0.0675. The van der Waals surface area contributed by atoms with Crippen LogP contribution < -0.4 is 10.1 Å². The first-order valence-electron chi connectivity index (χ1n) is 9.55. The van der Waals surface area contributed by atoms with Gasteiger partial charge in [0.25, 0.3) is 5.91 Å². The smallest absolute Gasteiger partial charge is 0.261 e. The molecule has 5 heteroatoms. The molecular formula is C25H21ClN2O2. The summed E-state index contributed by atoms with van der Waals surface area (Å²) in [7, 11) is 0. The van der Waals surface area contributed by atoms with Crippen LogP contribution in [-0.2, 0) is 17.8 Å². The van der Waals surface area contributed by atoms with Gasteiger partial charge in [0, 0.05) is 11.6 Å². The first kappa shape index (κ1) is 21.2. The number of benzene rings is 3. The van der Waals surface area contributed by atoms with Gasteiger partial charge in [0.2, 0.25) is 0 Å². The number of halogens is 1. The number of carbonyl (C=O) groups excluding carboxylic acids is 1. The molecule has 0 aliphatic heterocycles. The van der Waals surface area contributed by atoms with Gasteiger partial charge in [-0.1, -0.05) is 66.2 Å². The molecule has 0 heterocycles. The summed E-state index contributed by atoms with van der Waals surface area (Å²) in [5.74, 6) is 0.324. The minimum atomic E-state index is -0.378. The van der Waals surface area contributed by atoms with Gasteiger partial charge in [-0.05, 0) is 53.5 Å². The molecule has 0 unspecified atom stereocenters. The highest BCUT2D eigenvalue weighted by molar-refractivity contribution is 6.30. The topological polar surface area (TPSA) is 62.1 Å². The van der Waals surface area contributed by atoms with E-state index >= 15 is 0 Å². The van der Waals surface area contributed by atoms with Crippen molar-refractivity contribution in [2.45, 2.75) is 13.0 Å². The number of ether oxygens (including phenoxy) is 1. The van der Waals surface area contributed by atoms with Crippen LogP contribution in [0.4, 0.5) is 0 Å². The van der Waals surface area contributed by atoms with Gasteiger partial charge >= 0.3 is 0 Å². The Labute approximate surface area is 181 Å². The lowest BCUT2D eigenvalue weighted by Gasteiger charge is -2.07. The maximum atomic E-state index is 12.3. The fourth-order valence-corrected chi connectivity index (χ4v) is 2.91. The van der Waals surface area contributed by atoms with Crippen LogP contribution in [0.2, 0.25) is 5.02 Å². The largest absolute Gasteiger partial charge is 0.489 e. The predicted molar refractivity (Wildman–Crippen MR) is 119 cm³/mol. The molecule has 0 saturated heterocycles. The second-order valence-corrected chi connectivity index (χ2v) is 7.08.